The summed E-state index contributed by atoms with van der Waals surface area (Å²) in [6.07, 6.45) is 0.840. The zero-order valence-electron chi connectivity index (χ0n) is 12.4. The van der Waals surface area contributed by atoms with E-state index in [1.54, 1.807) is 0 Å². The van der Waals surface area contributed by atoms with Crippen molar-refractivity contribution in [1.82, 2.24) is 25.5 Å². The van der Waals surface area contributed by atoms with Gasteiger partial charge in [0.25, 0.3) is 17.5 Å². The Morgan fingerprint density at radius 3 is 2.92 bits per heavy atom. The number of aromatic nitrogens is 4. The first-order chi connectivity index (χ1) is 11.4. The van der Waals surface area contributed by atoms with Crippen LogP contribution in [0.1, 0.15) is 23.7 Å². The van der Waals surface area contributed by atoms with Crippen molar-refractivity contribution < 1.29 is 9.72 Å². The molecular formula is C12H12ClN7O3S. The molecule has 0 saturated heterocycles. The lowest BCUT2D eigenvalue weighted by atomic mass is 10.2. The van der Waals surface area contributed by atoms with E-state index in [1.807, 2.05) is 6.92 Å². The van der Waals surface area contributed by atoms with E-state index in [-0.39, 0.29) is 27.3 Å². The number of tetrazole rings is 1. The van der Waals surface area contributed by atoms with Gasteiger partial charge in [-0.2, -0.15) is 4.80 Å². The monoisotopic (exact) mass is 369 g/mol. The van der Waals surface area contributed by atoms with Crippen LogP contribution in [0.15, 0.2) is 18.2 Å². The summed E-state index contributed by atoms with van der Waals surface area (Å²) < 4.78 is 0. The predicted octanol–water partition coefficient (Wildman–Crippen LogP) is 1.77. The molecule has 0 saturated carbocycles. The van der Waals surface area contributed by atoms with Gasteiger partial charge in [0.2, 0.25) is 0 Å². The summed E-state index contributed by atoms with van der Waals surface area (Å²) in [5.41, 5.74) is -0.329. The van der Waals surface area contributed by atoms with E-state index in [2.05, 4.69) is 26.0 Å². The molecule has 2 N–H and O–H groups in total. The molecule has 0 radical (unpaired) electrons. The molecule has 12 heteroatoms. The highest BCUT2D eigenvalue weighted by Gasteiger charge is 2.17. The van der Waals surface area contributed by atoms with Gasteiger partial charge in [0.05, 0.1) is 11.5 Å². The normalized spacial score (nSPS) is 10.2. The quantitative estimate of drug-likeness (QED) is 0.463. The van der Waals surface area contributed by atoms with E-state index in [0.29, 0.717) is 6.54 Å². The van der Waals surface area contributed by atoms with Gasteiger partial charge in [-0.1, -0.05) is 23.6 Å². The maximum absolute atomic E-state index is 12.1. The van der Waals surface area contributed by atoms with Gasteiger partial charge in [-0.05, 0) is 36.0 Å². The average molecular weight is 370 g/mol. The molecule has 1 aromatic heterocycles. The number of anilines is 1. The second kappa shape index (κ2) is 7.75. The van der Waals surface area contributed by atoms with Gasteiger partial charge in [0, 0.05) is 11.6 Å². The van der Waals surface area contributed by atoms with Gasteiger partial charge < -0.3 is 0 Å². The minimum absolute atomic E-state index is 0.0397. The fourth-order valence-electron chi connectivity index (χ4n) is 1.69. The van der Waals surface area contributed by atoms with Gasteiger partial charge in [-0.15, -0.1) is 5.10 Å². The Morgan fingerprint density at radius 2 is 2.25 bits per heavy atom. The number of carbonyl (C=O) groups excluding carboxylic acids is 1. The summed E-state index contributed by atoms with van der Waals surface area (Å²) in [4.78, 5) is 23.6. The number of nitro groups is 1. The third-order valence-corrected chi connectivity index (χ3v) is 3.26. The highest BCUT2D eigenvalue weighted by atomic mass is 35.5. The minimum Gasteiger partial charge on any atom is -0.299 e. The van der Waals surface area contributed by atoms with Crippen molar-refractivity contribution in [3.8, 4) is 0 Å². The first-order valence-electron chi connectivity index (χ1n) is 6.74. The Hall–Kier alpha value is -2.66. The third kappa shape index (κ3) is 4.43. The number of thiocarbonyl (C=S) groups is 1. The third-order valence-electron chi connectivity index (χ3n) is 2.73. The number of hydrogen-bond acceptors (Lipinski definition) is 7. The fraction of sp³-hybridized carbons (Fsp3) is 0.250. The first kappa shape index (κ1) is 17.7. The van der Waals surface area contributed by atoms with Crippen LogP contribution in [0.4, 0.5) is 11.6 Å². The molecule has 0 bridgehead atoms. The molecule has 0 aliphatic rings. The number of rotatable bonds is 5. The smallest absolute Gasteiger partial charge is 0.288 e. The highest BCUT2D eigenvalue weighted by Crippen LogP contribution is 2.24. The van der Waals surface area contributed by atoms with Crippen LogP contribution in [-0.4, -0.2) is 36.2 Å². The topological polar surface area (TPSA) is 128 Å². The largest absolute Gasteiger partial charge is 0.299 e. The van der Waals surface area contributed by atoms with Gasteiger partial charge >= 0.3 is 0 Å². The molecule has 1 aromatic carbocycles. The number of nitro benzene ring substituents is 1. The summed E-state index contributed by atoms with van der Waals surface area (Å²) in [7, 11) is 0. The fourth-order valence-corrected chi connectivity index (χ4v) is 2.06. The summed E-state index contributed by atoms with van der Waals surface area (Å²) >= 11 is 10.7. The lowest BCUT2D eigenvalue weighted by molar-refractivity contribution is -0.384. The van der Waals surface area contributed by atoms with Crippen LogP contribution in [0.2, 0.25) is 5.02 Å². The number of carbonyl (C=O) groups is 1. The van der Waals surface area contributed by atoms with Crippen molar-refractivity contribution >= 4 is 46.5 Å². The number of aryl methyl sites for hydroxylation is 1. The number of nitrogens with one attached hydrogen (secondary N) is 2. The van der Waals surface area contributed by atoms with Crippen LogP contribution in [0, 0.1) is 10.1 Å². The molecule has 0 unspecified atom stereocenters. The van der Waals surface area contributed by atoms with Crippen molar-refractivity contribution in [2.45, 2.75) is 19.9 Å². The summed E-state index contributed by atoms with van der Waals surface area (Å²) in [6.45, 7) is 2.56. The summed E-state index contributed by atoms with van der Waals surface area (Å²) in [6, 6.07) is 3.68. The molecule has 0 fully saturated rings. The SMILES string of the molecule is CCCn1nnc(NC(=S)NC(=O)c2ccc(Cl)c([N+](=O)[O-])c2)n1. The first-order valence-corrected chi connectivity index (χ1v) is 7.53. The molecule has 2 aromatic rings. The van der Waals surface area contributed by atoms with Crippen LogP contribution in [0.3, 0.4) is 0 Å². The molecule has 10 nitrogen and oxygen atoms in total. The second-order valence-corrected chi connectivity index (χ2v) is 5.36. The zero-order chi connectivity index (χ0) is 17.7. The standard InChI is InChI=1S/C12H12ClN7O3S/c1-2-5-19-17-11(16-18-19)15-12(24)14-10(21)7-3-4-8(13)9(6-7)20(22)23/h3-4,6H,2,5H2,1H3,(H2,14,15,17,21,24). The van der Waals surface area contributed by atoms with Crippen LogP contribution in [0.5, 0.6) is 0 Å². The molecule has 1 heterocycles. The Labute approximate surface area is 146 Å². The predicted molar refractivity (Wildman–Crippen MR) is 89.9 cm³/mol. The molecule has 0 aliphatic heterocycles. The minimum atomic E-state index is -0.675. The van der Waals surface area contributed by atoms with Crippen molar-refractivity contribution in [2.24, 2.45) is 0 Å². The van der Waals surface area contributed by atoms with Crippen molar-refractivity contribution in [1.29, 1.82) is 0 Å². The Bertz CT molecular complexity index is 795. The van der Waals surface area contributed by atoms with E-state index in [0.717, 1.165) is 12.5 Å². The van der Waals surface area contributed by atoms with Crippen LogP contribution >= 0.6 is 23.8 Å². The lowest BCUT2D eigenvalue weighted by Gasteiger charge is -2.06. The van der Waals surface area contributed by atoms with E-state index in [9.17, 15) is 14.9 Å². The van der Waals surface area contributed by atoms with Crippen molar-refractivity contribution in [3.63, 3.8) is 0 Å². The summed E-state index contributed by atoms with van der Waals surface area (Å²) in [5.74, 6) is -0.496. The maximum atomic E-state index is 12.1. The van der Waals surface area contributed by atoms with Crippen LogP contribution in [-0.2, 0) is 6.54 Å². The maximum Gasteiger partial charge on any atom is 0.288 e. The van der Waals surface area contributed by atoms with Gasteiger partial charge in [0.1, 0.15) is 5.02 Å². The number of amides is 1. The Balaban J connectivity index is 2.02. The number of hydrogen-bond donors (Lipinski definition) is 2. The van der Waals surface area contributed by atoms with Crippen LogP contribution in [0.25, 0.3) is 0 Å². The molecule has 0 atom stereocenters. The van der Waals surface area contributed by atoms with E-state index < -0.39 is 10.8 Å². The highest BCUT2D eigenvalue weighted by molar-refractivity contribution is 7.80. The van der Waals surface area contributed by atoms with Gasteiger partial charge in [-0.3, -0.25) is 25.5 Å². The van der Waals surface area contributed by atoms with E-state index in [4.69, 9.17) is 23.8 Å². The van der Waals surface area contributed by atoms with Crippen molar-refractivity contribution in [3.05, 3.63) is 38.9 Å². The molecule has 126 valence electrons. The van der Waals surface area contributed by atoms with Gasteiger partial charge in [0.15, 0.2) is 5.11 Å². The lowest BCUT2D eigenvalue weighted by Crippen LogP contribution is -2.34. The van der Waals surface area contributed by atoms with Crippen molar-refractivity contribution in [2.75, 3.05) is 5.32 Å². The molecule has 0 aliphatic carbocycles. The van der Waals surface area contributed by atoms with Gasteiger partial charge in [-0.25, -0.2) is 0 Å². The molecule has 24 heavy (non-hydrogen) atoms. The average Bonchev–Trinajstić information content (AvgIpc) is 2.94. The van der Waals surface area contributed by atoms with Crippen LogP contribution < -0.4 is 10.6 Å². The Morgan fingerprint density at radius 1 is 1.50 bits per heavy atom. The number of nitrogens with zero attached hydrogens (tertiary/aromatic N) is 5. The molecule has 1 amide bonds. The molecule has 2 rings (SSSR count). The zero-order valence-corrected chi connectivity index (χ0v) is 14.0. The summed E-state index contributed by atoms with van der Waals surface area (Å²) in [5, 5.41) is 27.2. The number of halogens is 1. The Kier molecular flexibility index (Phi) is 5.71. The van der Waals surface area contributed by atoms with E-state index >= 15 is 0 Å². The second-order valence-electron chi connectivity index (χ2n) is 4.54. The molecule has 0 spiro atoms. The number of benzene rings is 1. The molecular weight excluding hydrogens is 358 g/mol. The van der Waals surface area contributed by atoms with E-state index in [1.165, 1.54) is 16.9 Å².